The zero-order chi connectivity index (χ0) is 9.72. The van der Waals surface area contributed by atoms with E-state index < -0.39 is 12.0 Å². The van der Waals surface area contributed by atoms with Gasteiger partial charge in [0.15, 0.2) is 0 Å². The molecular formula is C7H11NNa2O2S2. The molecule has 0 unspecified atom stereocenters. The molecule has 0 rings (SSSR count). The summed E-state index contributed by atoms with van der Waals surface area (Å²) in [5.74, 6) is -0.888. The van der Waals surface area contributed by atoms with Crippen molar-refractivity contribution in [1.29, 1.82) is 0 Å². The molecule has 0 aliphatic rings. The Morgan fingerprint density at radius 1 is 1.50 bits per heavy atom. The first kappa shape index (κ1) is 20.9. The minimum absolute atomic E-state index is 0. The number of carbonyl (C=O) groups is 1. The van der Waals surface area contributed by atoms with Crippen LogP contribution in [-0.4, -0.2) is 16.3 Å². The van der Waals surface area contributed by atoms with Gasteiger partial charge < -0.3 is 40.1 Å². The number of carbonyl (C=O) groups excluding carboxylic acids is 1. The third kappa shape index (κ3) is 11.7. The summed E-state index contributed by atoms with van der Waals surface area (Å²) in [6.45, 7) is 3.84. The van der Waals surface area contributed by atoms with Crippen molar-refractivity contribution >= 4 is 35.1 Å². The molecule has 14 heavy (non-hydrogen) atoms. The van der Waals surface area contributed by atoms with Crippen LogP contribution in [0.3, 0.4) is 0 Å². The summed E-state index contributed by atoms with van der Waals surface area (Å²) in [6.07, 6.45) is 0.471. The fraction of sp³-hybridized carbons (Fsp3) is 0.714. The van der Waals surface area contributed by atoms with Gasteiger partial charge in [0.1, 0.15) is 0 Å². The van der Waals surface area contributed by atoms with Crippen LogP contribution in [0.15, 0.2) is 0 Å². The standard InChI is InChI=1S/C7H13NO2S2.2Na/c1-4(2)3-5(6(9)10)8-7(11)12;;/h4-5H,3H2,1-2H3,(H,9,10)(H2,8,11,12);;/q;2*+1/p-2/t5-;;/m0../s1. The second-order valence-electron chi connectivity index (χ2n) is 2.93. The van der Waals surface area contributed by atoms with Crippen molar-refractivity contribution in [2.24, 2.45) is 5.92 Å². The van der Waals surface area contributed by atoms with Gasteiger partial charge in [0.05, 0.1) is 12.0 Å². The third-order valence-corrected chi connectivity index (χ3v) is 1.52. The molecule has 70 valence electrons. The number of thiocarbonyl (C=S) groups is 1. The summed E-state index contributed by atoms with van der Waals surface area (Å²) in [5.41, 5.74) is 0. The van der Waals surface area contributed by atoms with Crippen molar-refractivity contribution in [3.63, 3.8) is 0 Å². The van der Waals surface area contributed by atoms with E-state index in [1.807, 2.05) is 13.8 Å². The Labute approximate surface area is 140 Å². The second kappa shape index (κ2) is 11.1. The fourth-order valence-electron chi connectivity index (χ4n) is 0.828. The second-order valence-corrected chi connectivity index (χ2v) is 4.01. The van der Waals surface area contributed by atoms with Crippen molar-refractivity contribution in [3.05, 3.63) is 0 Å². The first-order valence-corrected chi connectivity index (χ1v) is 4.43. The quantitative estimate of drug-likeness (QED) is 0.306. The van der Waals surface area contributed by atoms with Crippen molar-refractivity contribution < 1.29 is 69.0 Å². The molecule has 1 atom stereocenters. The molecular weight excluding hydrogens is 240 g/mol. The predicted molar refractivity (Wildman–Crippen MR) is 51.3 cm³/mol. The fourth-order valence-corrected chi connectivity index (χ4v) is 1.11. The molecule has 0 saturated carbocycles. The van der Waals surface area contributed by atoms with Crippen molar-refractivity contribution in [3.8, 4) is 0 Å². The van der Waals surface area contributed by atoms with Crippen LogP contribution in [0.1, 0.15) is 20.3 Å². The number of aliphatic carboxylic acids is 1. The van der Waals surface area contributed by atoms with E-state index in [4.69, 9.17) is 0 Å². The Kier molecular flexibility index (Phi) is 16.6. The van der Waals surface area contributed by atoms with Crippen molar-refractivity contribution in [2.45, 2.75) is 26.3 Å². The summed E-state index contributed by atoms with van der Waals surface area (Å²) < 4.78 is 0.0739. The number of hydrogen-bond donors (Lipinski definition) is 1. The van der Waals surface area contributed by atoms with Crippen LogP contribution in [0.2, 0.25) is 0 Å². The largest absolute Gasteiger partial charge is 1.00 e. The van der Waals surface area contributed by atoms with Crippen LogP contribution in [0, 0.1) is 5.92 Å². The van der Waals surface area contributed by atoms with E-state index in [0.717, 1.165) is 0 Å². The number of carboxylic acids is 1. The van der Waals surface area contributed by atoms with Crippen LogP contribution < -0.4 is 69.5 Å². The Morgan fingerprint density at radius 2 is 1.93 bits per heavy atom. The van der Waals surface area contributed by atoms with Crippen LogP contribution >= 0.6 is 12.2 Å². The van der Waals surface area contributed by atoms with Crippen molar-refractivity contribution in [2.75, 3.05) is 0 Å². The first-order chi connectivity index (χ1) is 5.43. The molecule has 3 nitrogen and oxygen atoms in total. The summed E-state index contributed by atoms with van der Waals surface area (Å²) in [6, 6.07) is -0.755. The van der Waals surface area contributed by atoms with Gasteiger partial charge in [-0.1, -0.05) is 18.2 Å². The number of nitrogens with one attached hydrogen (secondary N) is 1. The molecule has 0 aliphatic carbocycles. The van der Waals surface area contributed by atoms with Gasteiger partial charge in [0.2, 0.25) is 0 Å². The zero-order valence-electron chi connectivity index (χ0n) is 8.99. The van der Waals surface area contributed by atoms with E-state index in [9.17, 15) is 9.90 Å². The molecule has 0 heterocycles. The van der Waals surface area contributed by atoms with Gasteiger partial charge in [0, 0.05) is 0 Å². The Balaban J connectivity index is -0.000000605. The molecule has 1 N–H and O–H groups in total. The Morgan fingerprint density at radius 3 is 2.14 bits per heavy atom. The molecule has 0 saturated heterocycles. The normalized spacial score (nSPS) is 10.8. The van der Waals surface area contributed by atoms with Gasteiger partial charge in [-0.05, 0) is 12.3 Å². The number of hydrogen-bond acceptors (Lipinski definition) is 4. The van der Waals surface area contributed by atoms with Gasteiger partial charge in [-0.25, -0.2) is 0 Å². The molecule has 0 fully saturated rings. The maximum atomic E-state index is 10.5. The summed E-state index contributed by atoms with van der Waals surface area (Å²) in [4.78, 5) is 10.5. The van der Waals surface area contributed by atoms with E-state index in [-0.39, 0.29) is 69.4 Å². The van der Waals surface area contributed by atoms with Crippen LogP contribution in [-0.2, 0) is 17.4 Å². The zero-order valence-corrected chi connectivity index (χ0v) is 14.6. The van der Waals surface area contributed by atoms with Crippen LogP contribution in [0.4, 0.5) is 0 Å². The summed E-state index contributed by atoms with van der Waals surface area (Å²) >= 11 is 9.11. The molecule has 7 heteroatoms. The first-order valence-electron chi connectivity index (χ1n) is 3.62. The SMILES string of the molecule is CC(C)C[C@H](NC(=S)[S-])C(=O)[O-].[Na+].[Na+]. The summed E-state index contributed by atoms with van der Waals surface area (Å²) in [7, 11) is 0. The van der Waals surface area contributed by atoms with E-state index in [1.165, 1.54) is 0 Å². The van der Waals surface area contributed by atoms with Gasteiger partial charge in [-0.2, -0.15) is 0 Å². The minimum atomic E-state index is -1.16. The van der Waals surface area contributed by atoms with E-state index in [1.54, 1.807) is 0 Å². The molecule has 0 bridgehead atoms. The van der Waals surface area contributed by atoms with Crippen LogP contribution in [0.5, 0.6) is 0 Å². The molecule has 0 amide bonds. The minimum Gasteiger partial charge on any atom is -0.548 e. The maximum absolute atomic E-state index is 10.5. The van der Waals surface area contributed by atoms with E-state index in [0.29, 0.717) is 6.42 Å². The van der Waals surface area contributed by atoms with E-state index in [2.05, 4.69) is 30.2 Å². The van der Waals surface area contributed by atoms with Gasteiger partial charge >= 0.3 is 59.1 Å². The molecule has 0 aliphatic heterocycles. The smallest absolute Gasteiger partial charge is 0.548 e. The average Bonchev–Trinajstić information content (AvgIpc) is 1.83. The average molecular weight is 251 g/mol. The molecule has 0 spiro atoms. The maximum Gasteiger partial charge on any atom is 1.00 e. The monoisotopic (exact) mass is 251 g/mol. The summed E-state index contributed by atoms with van der Waals surface area (Å²) in [5, 5.41) is 13.0. The third-order valence-electron chi connectivity index (χ3n) is 1.28. The molecule has 0 aromatic rings. The van der Waals surface area contributed by atoms with Gasteiger partial charge in [0.25, 0.3) is 0 Å². The van der Waals surface area contributed by atoms with E-state index >= 15 is 0 Å². The van der Waals surface area contributed by atoms with Crippen molar-refractivity contribution in [1.82, 2.24) is 5.32 Å². The molecule has 0 radical (unpaired) electrons. The topological polar surface area (TPSA) is 52.2 Å². The Hall–Kier alpha value is 1.58. The van der Waals surface area contributed by atoms with Gasteiger partial charge in [-0.3, -0.25) is 0 Å². The predicted octanol–water partition coefficient (Wildman–Crippen LogP) is -6.42. The molecule has 0 aromatic heterocycles. The molecule has 0 aromatic carbocycles. The van der Waals surface area contributed by atoms with Gasteiger partial charge in [-0.15, -0.1) is 0 Å². The van der Waals surface area contributed by atoms with Crippen LogP contribution in [0.25, 0.3) is 0 Å². The number of rotatable bonds is 4. The Bertz CT molecular complexity index is 191. The number of carboxylic acid groups (broad SMARTS) is 1.